The highest BCUT2D eigenvalue weighted by atomic mass is 16.5. The Morgan fingerprint density at radius 1 is 1.14 bits per heavy atom. The molecular weight excluding hydrogens is 464 g/mol. The molecule has 1 N–H and O–H groups in total. The fourth-order valence-electron chi connectivity index (χ4n) is 5.68. The molecule has 2 aliphatic heterocycles. The van der Waals surface area contributed by atoms with Gasteiger partial charge in [0.15, 0.2) is 5.58 Å². The maximum absolute atomic E-state index is 11.9. The van der Waals surface area contributed by atoms with E-state index >= 15 is 0 Å². The van der Waals surface area contributed by atoms with Crippen molar-refractivity contribution in [3.8, 4) is 11.6 Å². The van der Waals surface area contributed by atoms with Crippen molar-refractivity contribution in [3.05, 3.63) is 18.2 Å². The lowest BCUT2D eigenvalue weighted by molar-refractivity contribution is -0.151. The molecule has 36 heavy (non-hydrogen) atoms. The monoisotopic (exact) mass is 502 g/mol. The van der Waals surface area contributed by atoms with E-state index in [0.29, 0.717) is 30.6 Å². The molecule has 3 fully saturated rings. The number of esters is 1. The van der Waals surface area contributed by atoms with Crippen LogP contribution in [0, 0.1) is 11.8 Å². The lowest BCUT2D eigenvalue weighted by Gasteiger charge is -2.36. The van der Waals surface area contributed by atoms with Gasteiger partial charge in [0.05, 0.1) is 37.9 Å². The Hall–Kier alpha value is -2.36. The van der Waals surface area contributed by atoms with Crippen molar-refractivity contribution in [3.63, 3.8) is 0 Å². The third kappa shape index (κ3) is 6.12. The van der Waals surface area contributed by atoms with Gasteiger partial charge in [-0.05, 0) is 87.7 Å². The van der Waals surface area contributed by atoms with Gasteiger partial charge in [-0.25, -0.2) is 0 Å². The summed E-state index contributed by atoms with van der Waals surface area (Å²) in [6.45, 7) is 4.03. The van der Waals surface area contributed by atoms with Crippen LogP contribution in [0.3, 0.4) is 0 Å². The highest BCUT2D eigenvalue weighted by Gasteiger charge is 2.31. The molecule has 2 aromatic rings. The number of aliphatic hydroxyl groups excluding tert-OH is 1. The molecule has 0 bridgehead atoms. The number of methoxy groups -OCH3 is 1. The third-order valence-electron chi connectivity index (χ3n) is 7.89. The van der Waals surface area contributed by atoms with Crippen molar-refractivity contribution in [1.82, 2.24) is 10.1 Å². The Morgan fingerprint density at radius 2 is 1.94 bits per heavy atom. The molecule has 0 spiro atoms. The Morgan fingerprint density at radius 3 is 2.72 bits per heavy atom. The standard InChI is InChI=1S/C27H38N2O7/c1-32-27(31)19-11-14-33-22(15-19)16-29-12-9-18(10-13-29)17-34-26-25-23(3-2-4-24(25)36-28-26)35-21-7-5-20(30)6-8-21/h2-4,18-22,30H,5-17H2,1H3. The second kappa shape index (κ2) is 11.8. The number of benzene rings is 1. The van der Waals surface area contributed by atoms with Gasteiger partial charge >= 0.3 is 5.97 Å². The highest BCUT2D eigenvalue weighted by molar-refractivity contribution is 5.88. The van der Waals surface area contributed by atoms with E-state index in [1.54, 1.807) is 0 Å². The van der Waals surface area contributed by atoms with Crippen molar-refractivity contribution >= 4 is 16.9 Å². The molecule has 2 saturated heterocycles. The number of nitrogens with zero attached hydrogens (tertiary/aromatic N) is 2. The Kier molecular flexibility index (Phi) is 8.29. The molecule has 1 aromatic carbocycles. The van der Waals surface area contributed by atoms with Gasteiger partial charge in [-0.1, -0.05) is 6.07 Å². The molecule has 0 amide bonds. The van der Waals surface area contributed by atoms with Gasteiger partial charge in [-0.3, -0.25) is 4.79 Å². The molecule has 3 heterocycles. The number of fused-ring (bicyclic) bond motifs is 1. The zero-order valence-corrected chi connectivity index (χ0v) is 21.1. The number of carbonyl (C=O) groups is 1. The second-order valence-electron chi connectivity index (χ2n) is 10.5. The fraction of sp³-hybridized carbons (Fsp3) is 0.704. The molecule has 1 saturated carbocycles. The average molecular weight is 503 g/mol. The average Bonchev–Trinajstić information content (AvgIpc) is 3.33. The molecule has 3 aliphatic rings. The summed E-state index contributed by atoms with van der Waals surface area (Å²) in [5.74, 6) is 1.50. The molecule has 2 atom stereocenters. The summed E-state index contributed by atoms with van der Waals surface area (Å²) < 4.78 is 28.8. The zero-order valence-electron chi connectivity index (χ0n) is 21.1. The fourth-order valence-corrected chi connectivity index (χ4v) is 5.68. The van der Waals surface area contributed by atoms with Crippen LogP contribution in [0.1, 0.15) is 51.4 Å². The number of hydrogen-bond donors (Lipinski definition) is 1. The number of ether oxygens (including phenoxy) is 4. The Bertz CT molecular complexity index is 995. The van der Waals surface area contributed by atoms with Gasteiger partial charge in [0.25, 0.3) is 5.88 Å². The van der Waals surface area contributed by atoms with Crippen molar-refractivity contribution in [2.24, 2.45) is 11.8 Å². The van der Waals surface area contributed by atoms with Crippen LogP contribution in [0.5, 0.6) is 11.6 Å². The maximum Gasteiger partial charge on any atom is 0.308 e. The van der Waals surface area contributed by atoms with E-state index in [1.165, 1.54) is 7.11 Å². The minimum atomic E-state index is -0.214. The van der Waals surface area contributed by atoms with E-state index < -0.39 is 0 Å². The molecule has 1 aliphatic carbocycles. The SMILES string of the molecule is COC(=O)C1CCOC(CN2CCC(COc3noc4cccc(OC5CCC(O)CC5)c34)CC2)C1. The van der Waals surface area contributed by atoms with Crippen LogP contribution in [0.15, 0.2) is 22.7 Å². The first-order valence-electron chi connectivity index (χ1n) is 13.4. The smallest absolute Gasteiger partial charge is 0.308 e. The summed E-state index contributed by atoms with van der Waals surface area (Å²) in [5.41, 5.74) is 0.658. The molecule has 9 nitrogen and oxygen atoms in total. The van der Waals surface area contributed by atoms with Crippen LogP contribution in [0.4, 0.5) is 0 Å². The van der Waals surface area contributed by atoms with Crippen molar-refractivity contribution in [2.45, 2.75) is 69.7 Å². The van der Waals surface area contributed by atoms with E-state index in [-0.39, 0.29) is 30.2 Å². The van der Waals surface area contributed by atoms with Gasteiger partial charge in [0.1, 0.15) is 11.1 Å². The summed E-state index contributed by atoms with van der Waals surface area (Å²) in [7, 11) is 1.46. The third-order valence-corrected chi connectivity index (χ3v) is 7.89. The van der Waals surface area contributed by atoms with E-state index in [1.807, 2.05) is 18.2 Å². The molecule has 9 heteroatoms. The molecule has 2 unspecified atom stereocenters. The number of hydrogen-bond acceptors (Lipinski definition) is 9. The molecule has 1 aromatic heterocycles. The number of aliphatic hydroxyl groups is 1. The van der Waals surface area contributed by atoms with Crippen molar-refractivity contribution < 1.29 is 33.4 Å². The van der Waals surface area contributed by atoms with Gasteiger partial charge in [-0.2, -0.15) is 0 Å². The van der Waals surface area contributed by atoms with Crippen LogP contribution in [0.25, 0.3) is 11.0 Å². The second-order valence-corrected chi connectivity index (χ2v) is 10.5. The van der Waals surface area contributed by atoms with E-state index in [0.717, 1.165) is 82.1 Å². The van der Waals surface area contributed by atoms with Crippen molar-refractivity contribution in [2.75, 3.05) is 40.0 Å². The lowest BCUT2D eigenvalue weighted by Crippen LogP contribution is -2.43. The van der Waals surface area contributed by atoms with Crippen LogP contribution in [-0.4, -0.2) is 79.4 Å². The predicted octanol–water partition coefficient (Wildman–Crippen LogP) is 3.57. The number of rotatable bonds is 8. The van der Waals surface area contributed by atoms with E-state index in [4.69, 9.17) is 23.5 Å². The van der Waals surface area contributed by atoms with E-state index in [2.05, 4.69) is 10.1 Å². The molecule has 0 radical (unpaired) electrons. The molecule has 5 rings (SSSR count). The highest BCUT2D eigenvalue weighted by Crippen LogP contribution is 2.36. The Labute approximate surface area is 212 Å². The first-order valence-corrected chi connectivity index (χ1v) is 13.4. The largest absolute Gasteiger partial charge is 0.489 e. The number of likely N-dealkylation sites (tertiary alicyclic amines) is 1. The summed E-state index contributed by atoms with van der Waals surface area (Å²) in [5, 5.41) is 14.8. The van der Waals surface area contributed by atoms with Gasteiger partial charge in [0, 0.05) is 13.2 Å². The van der Waals surface area contributed by atoms with Crippen LogP contribution >= 0.6 is 0 Å². The lowest BCUT2D eigenvalue weighted by atomic mass is 9.94. The summed E-state index contributed by atoms with van der Waals surface area (Å²) in [4.78, 5) is 14.3. The van der Waals surface area contributed by atoms with Crippen LogP contribution in [0.2, 0.25) is 0 Å². The maximum atomic E-state index is 11.9. The molecule has 198 valence electrons. The number of piperidine rings is 1. The normalized spacial score (nSPS) is 28.2. The number of carbonyl (C=O) groups excluding carboxylic acids is 1. The zero-order chi connectivity index (χ0) is 24.9. The minimum Gasteiger partial charge on any atom is -0.489 e. The van der Waals surface area contributed by atoms with Crippen molar-refractivity contribution in [1.29, 1.82) is 0 Å². The minimum absolute atomic E-state index is 0.0458. The van der Waals surface area contributed by atoms with Crippen LogP contribution in [-0.2, 0) is 14.3 Å². The topological polar surface area (TPSA) is 103 Å². The quantitative estimate of drug-likeness (QED) is 0.543. The Balaban J connectivity index is 1.11. The summed E-state index contributed by atoms with van der Waals surface area (Å²) >= 11 is 0. The summed E-state index contributed by atoms with van der Waals surface area (Å²) in [6.07, 6.45) is 6.73. The predicted molar refractivity (Wildman–Crippen MR) is 132 cm³/mol. The van der Waals surface area contributed by atoms with Gasteiger partial charge in [-0.15, -0.1) is 0 Å². The summed E-state index contributed by atoms with van der Waals surface area (Å²) in [6, 6.07) is 5.72. The van der Waals surface area contributed by atoms with Gasteiger partial charge < -0.3 is 33.5 Å². The van der Waals surface area contributed by atoms with Gasteiger partial charge in [0.2, 0.25) is 0 Å². The first-order chi connectivity index (χ1) is 17.6. The van der Waals surface area contributed by atoms with Crippen LogP contribution < -0.4 is 9.47 Å². The number of aromatic nitrogens is 1. The van der Waals surface area contributed by atoms with E-state index in [9.17, 15) is 9.90 Å². The molecular formula is C27H38N2O7. The first kappa shape index (κ1) is 25.3.